The molecule has 0 spiro atoms. The standard InChI is InChI=1S/C33H34N2O6S/c1-6-40-23-9-7-8-22(17-23)30(36)28-29(21-11-13-25(26(18-21)39-5)41-15-14-19(2)3)35(32(38)31(28)37)33-34-24-12-10-20(4)16-27(24)42-33/h7-13,16-19,29,36H,6,14-15H2,1-5H3/b30-28+. The van der Waals surface area contributed by atoms with Crippen LogP contribution < -0.4 is 19.1 Å². The number of anilines is 1. The number of fused-ring (bicyclic) bond motifs is 1. The van der Waals surface area contributed by atoms with E-state index in [-0.39, 0.29) is 11.3 Å². The van der Waals surface area contributed by atoms with Crippen LogP contribution in [0.4, 0.5) is 5.13 Å². The monoisotopic (exact) mass is 586 g/mol. The highest BCUT2D eigenvalue weighted by molar-refractivity contribution is 7.22. The highest BCUT2D eigenvalue weighted by Crippen LogP contribution is 2.46. The molecule has 0 saturated carbocycles. The van der Waals surface area contributed by atoms with Crippen molar-refractivity contribution in [1.82, 2.24) is 4.98 Å². The predicted octanol–water partition coefficient (Wildman–Crippen LogP) is 7.06. The van der Waals surface area contributed by atoms with E-state index in [9.17, 15) is 14.7 Å². The second-order valence-electron chi connectivity index (χ2n) is 10.5. The molecule has 1 unspecified atom stereocenters. The van der Waals surface area contributed by atoms with Crippen LogP contribution in [0, 0.1) is 12.8 Å². The third kappa shape index (κ3) is 5.69. The van der Waals surface area contributed by atoms with Gasteiger partial charge in [0.2, 0.25) is 0 Å². The first-order valence-electron chi connectivity index (χ1n) is 13.9. The minimum Gasteiger partial charge on any atom is -0.507 e. The Morgan fingerprint density at radius 3 is 2.60 bits per heavy atom. The summed E-state index contributed by atoms with van der Waals surface area (Å²) in [5.74, 6) is 0.169. The van der Waals surface area contributed by atoms with Gasteiger partial charge < -0.3 is 19.3 Å². The highest BCUT2D eigenvalue weighted by Gasteiger charge is 2.48. The van der Waals surface area contributed by atoms with Gasteiger partial charge >= 0.3 is 5.91 Å². The van der Waals surface area contributed by atoms with E-state index in [1.807, 2.05) is 32.0 Å². The molecule has 1 aromatic heterocycles. The first-order chi connectivity index (χ1) is 20.2. The molecule has 3 aromatic carbocycles. The summed E-state index contributed by atoms with van der Waals surface area (Å²) >= 11 is 1.32. The summed E-state index contributed by atoms with van der Waals surface area (Å²) in [5.41, 5.74) is 2.67. The van der Waals surface area contributed by atoms with Crippen molar-refractivity contribution >= 4 is 44.1 Å². The van der Waals surface area contributed by atoms with Crippen LogP contribution in [-0.4, -0.2) is 42.1 Å². The molecule has 4 aromatic rings. The largest absolute Gasteiger partial charge is 0.507 e. The normalized spacial score (nSPS) is 16.4. The number of aliphatic hydroxyl groups is 1. The molecule has 9 heteroatoms. The van der Waals surface area contributed by atoms with Crippen LogP contribution >= 0.6 is 11.3 Å². The van der Waals surface area contributed by atoms with E-state index < -0.39 is 17.7 Å². The third-order valence-corrected chi connectivity index (χ3v) is 8.08. The van der Waals surface area contributed by atoms with Crippen molar-refractivity contribution in [2.45, 2.75) is 40.2 Å². The van der Waals surface area contributed by atoms with E-state index in [1.165, 1.54) is 16.2 Å². The number of aromatic nitrogens is 1. The van der Waals surface area contributed by atoms with Gasteiger partial charge in [0.15, 0.2) is 16.6 Å². The van der Waals surface area contributed by atoms with Crippen molar-refractivity contribution < 1.29 is 28.9 Å². The quantitative estimate of drug-likeness (QED) is 0.121. The Morgan fingerprint density at radius 1 is 1.05 bits per heavy atom. The number of ether oxygens (including phenoxy) is 3. The summed E-state index contributed by atoms with van der Waals surface area (Å²) in [5, 5.41) is 11.9. The fourth-order valence-corrected chi connectivity index (χ4v) is 5.99. The molecule has 8 nitrogen and oxygen atoms in total. The fourth-order valence-electron chi connectivity index (χ4n) is 4.90. The molecule has 1 saturated heterocycles. The number of nitrogens with zero attached hydrogens (tertiary/aromatic N) is 2. The number of thiazole rings is 1. The minimum atomic E-state index is -0.957. The van der Waals surface area contributed by atoms with E-state index in [0.29, 0.717) is 52.6 Å². The zero-order valence-corrected chi connectivity index (χ0v) is 25.2. The first-order valence-corrected chi connectivity index (χ1v) is 14.8. The Morgan fingerprint density at radius 2 is 1.86 bits per heavy atom. The van der Waals surface area contributed by atoms with Crippen LogP contribution in [0.3, 0.4) is 0 Å². The van der Waals surface area contributed by atoms with Crippen LogP contribution in [0.25, 0.3) is 16.0 Å². The molecular formula is C33H34N2O6S. The number of carbonyl (C=O) groups excluding carboxylic acids is 2. The number of Topliss-reactive ketones (excluding diaryl/α,β-unsaturated/α-hetero) is 1. The molecule has 0 radical (unpaired) electrons. The number of benzene rings is 3. The van der Waals surface area contributed by atoms with E-state index in [1.54, 1.807) is 49.6 Å². The molecular weight excluding hydrogens is 552 g/mol. The Labute approximate surface area is 249 Å². The zero-order valence-electron chi connectivity index (χ0n) is 24.3. The third-order valence-electron chi connectivity index (χ3n) is 7.06. The summed E-state index contributed by atoms with van der Waals surface area (Å²) in [7, 11) is 1.54. The van der Waals surface area contributed by atoms with Gasteiger partial charge in [0, 0.05) is 5.56 Å². The molecule has 2 heterocycles. The molecule has 5 rings (SSSR count). The molecule has 0 bridgehead atoms. The van der Waals surface area contributed by atoms with Crippen molar-refractivity contribution in [2.75, 3.05) is 25.2 Å². The van der Waals surface area contributed by atoms with Gasteiger partial charge in [-0.3, -0.25) is 14.5 Å². The smallest absolute Gasteiger partial charge is 0.301 e. The van der Waals surface area contributed by atoms with Gasteiger partial charge in [0.1, 0.15) is 11.5 Å². The number of rotatable bonds is 10. The van der Waals surface area contributed by atoms with Gasteiger partial charge in [0.05, 0.1) is 42.2 Å². The van der Waals surface area contributed by atoms with Crippen LogP contribution in [-0.2, 0) is 9.59 Å². The minimum absolute atomic E-state index is 0.0420. The van der Waals surface area contributed by atoms with Gasteiger partial charge in [-0.25, -0.2) is 4.98 Å². The molecule has 218 valence electrons. The topological polar surface area (TPSA) is 98.2 Å². The zero-order chi connectivity index (χ0) is 30.0. The van der Waals surface area contributed by atoms with Crippen molar-refractivity contribution in [2.24, 2.45) is 5.92 Å². The lowest BCUT2D eigenvalue weighted by atomic mass is 9.95. The van der Waals surface area contributed by atoms with Crippen molar-refractivity contribution in [1.29, 1.82) is 0 Å². The summed E-state index contributed by atoms with van der Waals surface area (Å²) < 4.78 is 18.1. The summed E-state index contributed by atoms with van der Waals surface area (Å²) in [4.78, 5) is 33.4. The summed E-state index contributed by atoms with van der Waals surface area (Å²) in [6.45, 7) is 9.06. The SMILES string of the molecule is CCOc1cccc(/C(O)=C2\C(=O)C(=O)N(c3nc4ccc(C)cc4s3)C2c2ccc(OCCC(C)C)c(OC)c2)c1. The summed E-state index contributed by atoms with van der Waals surface area (Å²) in [6.07, 6.45) is 0.878. The van der Waals surface area contributed by atoms with Gasteiger partial charge in [-0.05, 0) is 73.7 Å². The van der Waals surface area contributed by atoms with E-state index >= 15 is 0 Å². The Kier molecular flexibility index (Phi) is 8.49. The van der Waals surface area contributed by atoms with E-state index in [0.717, 1.165) is 22.2 Å². The number of ketones is 1. The maximum absolute atomic E-state index is 13.7. The Bertz CT molecular complexity index is 1670. The lowest BCUT2D eigenvalue weighted by molar-refractivity contribution is -0.132. The number of methoxy groups -OCH3 is 1. The van der Waals surface area contributed by atoms with Gasteiger partial charge in [0.25, 0.3) is 5.78 Å². The van der Waals surface area contributed by atoms with Gasteiger partial charge in [-0.2, -0.15) is 0 Å². The highest BCUT2D eigenvalue weighted by atomic mass is 32.1. The summed E-state index contributed by atoms with van der Waals surface area (Å²) in [6, 6.07) is 17.0. The second kappa shape index (κ2) is 12.2. The van der Waals surface area contributed by atoms with E-state index in [2.05, 4.69) is 13.8 Å². The lowest BCUT2D eigenvalue weighted by Crippen LogP contribution is -2.29. The molecule has 1 aliphatic rings. The number of carbonyl (C=O) groups is 2. The van der Waals surface area contributed by atoms with Crippen LogP contribution in [0.15, 0.2) is 66.2 Å². The lowest BCUT2D eigenvalue weighted by Gasteiger charge is -2.24. The maximum atomic E-state index is 13.7. The predicted molar refractivity (Wildman–Crippen MR) is 165 cm³/mol. The number of aryl methyl sites for hydroxylation is 1. The molecule has 0 aliphatic carbocycles. The average molecular weight is 587 g/mol. The van der Waals surface area contributed by atoms with Crippen LogP contribution in [0.5, 0.6) is 17.2 Å². The fraction of sp³-hybridized carbons (Fsp3) is 0.303. The van der Waals surface area contributed by atoms with Crippen LogP contribution in [0.1, 0.15) is 49.9 Å². The Hall–Kier alpha value is -4.37. The van der Waals surface area contributed by atoms with Crippen molar-refractivity contribution in [3.8, 4) is 17.2 Å². The average Bonchev–Trinajstić information content (AvgIpc) is 3.50. The molecule has 1 aliphatic heterocycles. The second-order valence-corrected chi connectivity index (χ2v) is 11.5. The van der Waals surface area contributed by atoms with Crippen molar-refractivity contribution in [3.05, 3.63) is 82.9 Å². The van der Waals surface area contributed by atoms with Gasteiger partial charge in [-0.15, -0.1) is 0 Å². The number of aliphatic hydroxyl groups excluding tert-OH is 1. The molecule has 1 atom stereocenters. The molecule has 1 N–H and O–H groups in total. The molecule has 1 fully saturated rings. The Balaban J connectivity index is 1.66. The number of amides is 1. The van der Waals surface area contributed by atoms with E-state index in [4.69, 9.17) is 19.2 Å². The molecule has 1 amide bonds. The number of hydrogen-bond acceptors (Lipinski definition) is 8. The maximum Gasteiger partial charge on any atom is 0.301 e. The number of hydrogen-bond donors (Lipinski definition) is 1. The van der Waals surface area contributed by atoms with Gasteiger partial charge in [-0.1, -0.05) is 49.4 Å². The molecule has 42 heavy (non-hydrogen) atoms. The van der Waals surface area contributed by atoms with Crippen LogP contribution in [0.2, 0.25) is 0 Å². The van der Waals surface area contributed by atoms with Crippen molar-refractivity contribution in [3.63, 3.8) is 0 Å². The first kappa shape index (κ1) is 29.1.